The summed E-state index contributed by atoms with van der Waals surface area (Å²) >= 11 is 2.03. The van der Waals surface area contributed by atoms with Crippen LogP contribution < -0.4 is 19.8 Å². The van der Waals surface area contributed by atoms with E-state index in [1.165, 1.54) is 35.9 Å². The van der Waals surface area contributed by atoms with Crippen LogP contribution in [0.15, 0.2) is 101 Å². The molecule has 13 heteroatoms. The average molecular weight is 653 g/mol. The number of hydrogen-bond donors (Lipinski definition) is 1. The number of nitrogens with one attached hydrogen (secondary N) is 1. The molecule has 46 heavy (non-hydrogen) atoms. The average Bonchev–Trinajstić information content (AvgIpc) is 3.50. The van der Waals surface area contributed by atoms with Crippen molar-refractivity contribution in [1.29, 1.82) is 0 Å². The first kappa shape index (κ1) is 29.4. The van der Waals surface area contributed by atoms with Crippen molar-refractivity contribution in [2.45, 2.75) is 22.7 Å². The van der Waals surface area contributed by atoms with E-state index in [4.69, 9.17) is 4.74 Å². The van der Waals surface area contributed by atoms with Gasteiger partial charge in [0, 0.05) is 34.2 Å². The van der Waals surface area contributed by atoms with Crippen LogP contribution in [-0.4, -0.2) is 39.6 Å². The number of nitro groups is 1. The van der Waals surface area contributed by atoms with Gasteiger partial charge in [0.05, 0.1) is 28.7 Å². The third-order valence-electron chi connectivity index (χ3n) is 8.18. The van der Waals surface area contributed by atoms with Crippen LogP contribution in [-0.2, 0) is 20.9 Å². The van der Waals surface area contributed by atoms with Gasteiger partial charge >= 0.3 is 4.87 Å². The maximum absolute atomic E-state index is 14.1. The number of nitrogens with zero attached hydrogens (tertiary/aromatic N) is 3. The molecule has 4 aromatic carbocycles. The standard InChI is InChI=1S/C33H24N4O7S2/c1-44-24-9-5-4-8-23(24)26-27-28(31(40)36(30(27)39)21-12-14-22(15-13-21)37(42)43)45-32-29(26)46-33(41)35(32)17-25(38)34-20-11-10-18-6-2-3-7-19(18)16-20/h2-16,26-28H,17H2,1H3,(H,34,38)/t26-,27?,28?/m1/s1. The molecule has 5 aromatic rings. The first-order valence-corrected chi connectivity index (χ1v) is 15.9. The van der Waals surface area contributed by atoms with Gasteiger partial charge in [-0.2, -0.15) is 0 Å². The number of methoxy groups -OCH3 is 1. The molecule has 0 bridgehead atoms. The molecule has 0 spiro atoms. The first-order chi connectivity index (χ1) is 22.2. The Hall–Kier alpha value is -5.27. The lowest BCUT2D eigenvalue weighted by molar-refractivity contribution is -0.384. The van der Waals surface area contributed by atoms with E-state index >= 15 is 0 Å². The Kier molecular flexibility index (Phi) is 7.41. The predicted octanol–water partition coefficient (Wildman–Crippen LogP) is 5.41. The van der Waals surface area contributed by atoms with E-state index in [1.54, 1.807) is 30.3 Å². The van der Waals surface area contributed by atoms with Gasteiger partial charge in [-0.15, -0.1) is 0 Å². The normalized spacial score (nSPS) is 18.7. The Bertz CT molecular complexity index is 2120. The van der Waals surface area contributed by atoms with Crippen LogP contribution in [0.3, 0.4) is 0 Å². The highest BCUT2D eigenvalue weighted by Gasteiger charge is 2.57. The number of nitro benzene ring substituents is 1. The summed E-state index contributed by atoms with van der Waals surface area (Å²) in [5.74, 6) is -2.55. The molecule has 7 rings (SSSR count). The van der Waals surface area contributed by atoms with Gasteiger partial charge in [-0.25, -0.2) is 4.90 Å². The number of carbonyl (C=O) groups excluding carboxylic acids is 3. The summed E-state index contributed by atoms with van der Waals surface area (Å²) in [5, 5.41) is 15.6. The van der Waals surface area contributed by atoms with Gasteiger partial charge in [0.2, 0.25) is 17.7 Å². The first-order valence-electron chi connectivity index (χ1n) is 14.2. The van der Waals surface area contributed by atoms with E-state index in [0.717, 1.165) is 38.8 Å². The third-order valence-corrected chi connectivity index (χ3v) is 10.8. The molecule has 1 aromatic heterocycles. The Morgan fingerprint density at radius 2 is 1.65 bits per heavy atom. The van der Waals surface area contributed by atoms with Crippen molar-refractivity contribution in [3.05, 3.63) is 121 Å². The maximum atomic E-state index is 14.1. The minimum atomic E-state index is -0.922. The van der Waals surface area contributed by atoms with Gasteiger partial charge in [-0.3, -0.25) is 33.9 Å². The fourth-order valence-electron chi connectivity index (χ4n) is 6.10. The molecular formula is C33H24N4O7S2. The van der Waals surface area contributed by atoms with Crippen LogP contribution in [0.4, 0.5) is 17.1 Å². The molecule has 2 aliphatic rings. The third kappa shape index (κ3) is 4.93. The number of anilines is 2. The number of amides is 3. The molecule has 0 radical (unpaired) electrons. The highest BCUT2D eigenvalue weighted by atomic mass is 32.2. The number of imide groups is 1. The number of carbonyl (C=O) groups is 3. The van der Waals surface area contributed by atoms with Crippen LogP contribution in [0.25, 0.3) is 10.8 Å². The van der Waals surface area contributed by atoms with Crippen molar-refractivity contribution in [3.63, 3.8) is 0 Å². The van der Waals surface area contributed by atoms with Crippen molar-refractivity contribution < 1.29 is 24.0 Å². The summed E-state index contributed by atoms with van der Waals surface area (Å²) in [6, 6.07) is 25.6. The Balaban J connectivity index is 1.27. The fourth-order valence-corrected chi connectivity index (χ4v) is 8.87. The molecule has 1 fully saturated rings. The molecule has 0 saturated carbocycles. The molecular weight excluding hydrogens is 629 g/mol. The van der Waals surface area contributed by atoms with Crippen molar-refractivity contribution in [3.8, 4) is 5.75 Å². The zero-order chi connectivity index (χ0) is 32.1. The van der Waals surface area contributed by atoms with E-state index in [9.17, 15) is 29.3 Å². The molecule has 1 saturated heterocycles. The smallest absolute Gasteiger partial charge is 0.308 e. The number of thiazole rings is 1. The quantitative estimate of drug-likeness (QED) is 0.140. The largest absolute Gasteiger partial charge is 0.496 e. The maximum Gasteiger partial charge on any atom is 0.308 e. The molecule has 230 valence electrons. The predicted molar refractivity (Wildman–Crippen MR) is 175 cm³/mol. The van der Waals surface area contributed by atoms with E-state index < -0.39 is 44.6 Å². The SMILES string of the molecule is COc1ccccc1[C@H]1c2sc(=O)n(CC(=O)Nc3ccc4ccccc4c3)c2SC2C(=O)N(c3ccc([N+](=O)[O-])cc3)C(=O)C21. The van der Waals surface area contributed by atoms with Crippen LogP contribution in [0.1, 0.15) is 16.4 Å². The van der Waals surface area contributed by atoms with E-state index in [-0.39, 0.29) is 17.9 Å². The summed E-state index contributed by atoms with van der Waals surface area (Å²) in [5.41, 5.74) is 1.25. The molecule has 3 heterocycles. The van der Waals surface area contributed by atoms with Crippen molar-refractivity contribution in [1.82, 2.24) is 4.57 Å². The molecule has 0 aliphatic carbocycles. The summed E-state index contributed by atoms with van der Waals surface area (Å²) in [4.78, 5) is 66.7. The summed E-state index contributed by atoms with van der Waals surface area (Å²) in [6.07, 6.45) is 0. The topological polar surface area (TPSA) is 141 Å². The molecule has 2 aliphatic heterocycles. The molecule has 3 atom stereocenters. The lowest BCUT2D eigenvalue weighted by Crippen LogP contribution is -2.33. The zero-order valence-electron chi connectivity index (χ0n) is 24.1. The molecule has 11 nitrogen and oxygen atoms in total. The number of rotatable bonds is 7. The van der Waals surface area contributed by atoms with Gasteiger partial charge in [-0.1, -0.05) is 71.6 Å². The lowest BCUT2D eigenvalue weighted by Gasteiger charge is -2.31. The lowest BCUT2D eigenvalue weighted by atomic mass is 9.82. The fraction of sp³-hybridized carbons (Fsp3) is 0.152. The molecule has 3 amide bonds. The number of benzene rings is 4. The number of aromatic nitrogens is 1. The van der Waals surface area contributed by atoms with E-state index in [0.29, 0.717) is 26.9 Å². The van der Waals surface area contributed by atoms with E-state index in [1.807, 2.05) is 36.4 Å². The summed E-state index contributed by atoms with van der Waals surface area (Å²) < 4.78 is 7.00. The van der Waals surface area contributed by atoms with Crippen LogP contribution in [0.5, 0.6) is 5.75 Å². The monoisotopic (exact) mass is 652 g/mol. The van der Waals surface area contributed by atoms with Crippen LogP contribution in [0, 0.1) is 16.0 Å². The highest BCUT2D eigenvalue weighted by Crippen LogP contribution is 2.55. The van der Waals surface area contributed by atoms with Crippen LogP contribution >= 0.6 is 23.1 Å². The minimum absolute atomic E-state index is 0.172. The summed E-state index contributed by atoms with van der Waals surface area (Å²) in [6.45, 7) is -0.297. The Labute approximate surface area is 269 Å². The van der Waals surface area contributed by atoms with Crippen molar-refractivity contribution in [2.75, 3.05) is 17.3 Å². The number of thioether (sulfide) groups is 1. The number of non-ortho nitro benzene ring substituents is 1. The Morgan fingerprint density at radius 1 is 0.935 bits per heavy atom. The minimum Gasteiger partial charge on any atom is -0.496 e. The number of para-hydroxylation sites is 1. The second-order valence-corrected chi connectivity index (χ2v) is 12.9. The highest BCUT2D eigenvalue weighted by molar-refractivity contribution is 8.00. The van der Waals surface area contributed by atoms with Gasteiger partial charge in [0.15, 0.2) is 0 Å². The number of ether oxygens (including phenoxy) is 1. The van der Waals surface area contributed by atoms with Crippen molar-refractivity contribution in [2.24, 2.45) is 5.92 Å². The van der Waals surface area contributed by atoms with Crippen LogP contribution in [0.2, 0.25) is 0 Å². The molecule has 1 N–H and O–H groups in total. The second-order valence-electron chi connectivity index (χ2n) is 10.8. The number of fused-ring (bicyclic) bond motifs is 3. The number of hydrogen-bond acceptors (Lipinski definition) is 9. The Morgan fingerprint density at radius 3 is 2.39 bits per heavy atom. The van der Waals surface area contributed by atoms with Gasteiger partial charge < -0.3 is 10.1 Å². The van der Waals surface area contributed by atoms with Crippen molar-refractivity contribution >= 4 is 68.7 Å². The van der Waals surface area contributed by atoms with Gasteiger partial charge in [-0.05, 0) is 41.1 Å². The second kappa shape index (κ2) is 11.6. The van der Waals surface area contributed by atoms with E-state index in [2.05, 4.69) is 5.32 Å². The zero-order valence-corrected chi connectivity index (χ0v) is 25.7. The van der Waals surface area contributed by atoms with Gasteiger partial charge in [0.25, 0.3) is 5.69 Å². The summed E-state index contributed by atoms with van der Waals surface area (Å²) in [7, 11) is 1.50. The van der Waals surface area contributed by atoms with Gasteiger partial charge in [0.1, 0.15) is 17.5 Å². The molecule has 2 unspecified atom stereocenters.